The van der Waals surface area contributed by atoms with E-state index < -0.39 is 0 Å². The van der Waals surface area contributed by atoms with Gasteiger partial charge in [0.25, 0.3) is 0 Å². The summed E-state index contributed by atoms with van der Waals surface area (Å²) in [4.78, 5) is 9.17. The maximum atomic E-state index is 6.05. The molecule has 3 rings (SSSR count). The fourth-order valence-electron chi connectivity index (χ4n) is 2.53. The van der Waals surface area contributed by atoms with E-state index in [0.717, 1.165) is 28.0 Å². The highest BCUT2D eigenvalue weighted by atomic mass is 16.6. The zero-order chi connectivity index (χ0) is 17.6. The molecule has 0 unspecified atom stereocenters. The molecule has 2 aromatic carbocycles. The Kier molecular flexibility index (Phi) is 5.09. The van der Waals surface area contributed by atoms with E-state index in [1.807, 2.05) is 44.2 Å². The summed E-state index contributed by atoms with van der Waals surface area (Å²) in [6.07, 6.45) is 1.44. The van der Waals surface area contributed by atoms with E-state index >= 15 is 0 Å². The molecule has 0 fully saturated rings. The number of aryl methyl sites for hydroxylation is 2. The van der Waals surface area contributed by atoms with Crippen LogP contribution < -0.4 is 4.74 Å². The van der Waals surface area contributed by atoms with Crippen LogP contribution in [0, 0.1) is 13.8 Å². The van der Waals surface area contributed by atoms with E-state index in [1.165, 1.54) is 13.4 Å². The predicted molar refractivity (Wildman–Crippen MR) is 95.7 cm³/mol. The van der Waals surface area contributed by atoms with Crippen molar-refractivity contribution >= 4 is 5.71 Å². The Morgan fingerprint density at radius 3 is 2.76 bits per heavy atom. The Morgan fingerprint density at radius 1 is 1.16 bits per heavy atom. The van der Waals surface area contributed by atoms with E-state index in [-0.39, 0.29) is 0 Å². The van der Waals surface area contributed by atoms with Crippen molar-refractivity contribution < 1.29 is 9.57 Å². The van der Waals surface area contributed by atoms with Crippen molar-refractivity contribution in [2.24, 2.45) is 5.16 Å². The second-order valence-electron chi connectivity index (χ2n) is 5.67. The maximum Gasteiger partial charge on any atom is 0.178 e. The van der Waals surface area contributed by atoms with Gasteiger partial charge in [-0.25, -0.2) is 4.98 Å². The summed E-state index contributed by atoms with van der Waals surface area (Å²) in [5.74, 6) is 1.42. The van der Waals surface area contributed by atoms with Gasteiger partial charge in [0.1, 0.15) is 25.8 Å². The van der Waals surface area contributed by atoms with Crippen LogP contribution in [0.5, 0.6) is 5.75 Å². The molecule has 0 saturated carbocycles. The van der Waals surface area contributed by atoms with Crippen LogP contribution in [0.1, 0.15) is 28.1 Å². The standard InChI is InChI=1S/C19H20N4O2/c1-13-8-9-14(2)17(10-13)25-11-15-6-4-5-7-16(15)18(23-24-3)19-20-12-21-22-19/h4-10,12H,11H2,1-3H3,(H,20,21,22)/b23-18+. The Hall–Kier alpha value is -3.15. The average Bonchev–Trinajstić information content (AvgIpc) is 3.15. The molecule has 0 atom stereocenters. The topological polar surface area (TPSA) is 72.4 Å². The molecule has 6 nitrogen and oxygen atoms in total. The van der Waals surface area contributed by atoms with Gasteiger partial charge in [-0.05, 0) is 36.6 Å². The molecule has 0 amide bonds. The van der Waals surface area contributed by atoms with E-state index in [4.69, 9.17) is 9.57 Å². The van der Waals surface area contributed by atoms with E-state index in [9.17, 15) is 0 Å². The summed E-state index contributed by atoms with van der Waals surface area (Å²) in [5, 5.41) is 10.8. The molecule has 0 radical (unpaired) electrons. The zero-order valence-electron chi connectivity index (χ0n) is 14.5. The molecule has 0 aliphatic carbocycles. The first-order valence-corrected chi connectivity index (χ1v) is 7.94. The van der Waals surface area contributed by atoms with Gasteiger partial charge in [0.05, 0.1) is 0 Å². The van der Waals surface area contributed by atoms with E-state index in [1.54, 1.807) is 0 Å². The van der Waals surface area contributed by atoms with Gasteiger partial charge in [-0.3, -0.25) is 5.10 Å². The number of rotatable bonds is 6. The third-order valence-corrected chi connectivity index (χ3v) is 3.82. The number of H-pyrrole nitrogens is 1. The fraction of sp³-hybridized carbons (Fsp3) is 0.211. The Morgan fingerprint density at radius 2 is 2.00 bits per heavy atom. The van der Waals surface area contributed by atoms with Crippen LogP contribution in [0.15, 0.2) is 53.9 Å². The van der Waals surface area contributed by atoms with Gasteiger partial charge >= 0.3 is 0 Å². The van der Waals surface area contributed by atoms with Gasteiger partial charge in [0.2, 0.25) is 0 Å². The minimum Gasteiger partial charge on any atom is -0.489 e. The first kappa shape index (κ1) is 16.7. The molecular weight excluding hydrogens is 316 g/mol. The monoisotopic (exact) mass is 336 g/mol. The number of benzene rings is 2. The largest absolute Gasteiger partial charge is 0.489 e. The molecular formula is C19H20N4O2. The highest BCUT2D eigenvalue weighted by Crippen LogP contribution is 2.22. The number of nitrogens with zero attached hydrogens (tertiary/aromatic N) is 3. The second-order valence-corrected chi connectivity index (χ2v) is 5.67. The molecule has 0 bridgehead atoms. The van der Waals surface area contributed by atoms with Crippen LogP contribution in [-0.4, -0.2) is 28.0 Å². The smallest absolute Gasteiger partial charge is 0.178 e. The first-order valence-electron chi connectivity index (χ1n) is 7.94. The predicted octanol–water partition coefficient (Wildman–Crippen LogP) is 3.40. The lowest BCUT2D eigenvalue weighted by Crippen LogP contribution is -2.11. The molecule has 1 heterocycles. The summed E-state index contributed by atoms with van der Waals surface area (Å²) >= 11 is 0. The van der Waals surface area contributed by atoms with Crippen molar-refractivity contribution in [3.63, 3.8) is 0 Å². The summed E-state index contributed by atoms with van der Waals surface area (Å²) in [5.41, 5.74) is 4.71. The van der Waals surface area contributed by atoms with Crippen molar-refractivity contribution in [3.8, 4) is 5.75 Å². The van der Waals surface area contributed by atoms with Crippen LogP contribution in [-0.2, 0) is 11.4 Å². The molecule has 0 aliphatic heterocycles. The average molecular weight is 336 g/mol. The van der Waals surface area contributed by atoms with Gasteiger partial charge in [-0.1, -0.05) is 41.6 Å². The van der Waals surface area contributed by atoms with Crippen molar-refractivity contribution in [1.29, 1.82) is 0 Å². The van der Waals surface area contributed by atoms with Crippen molar-refractivity contribution in [3.05, 3.63) is 76.9 Å². The van der Waals surface area contributed by atoms with Crippen LogP contribution >= 0.6 is 0 Å². The number of oxime groups is 1. The lowest BCUT2D eigenvalue weighted by Gasteiger charge is -2.13. The van der Waals surface area contributed by atoms with E-state index in [0.29, 0.717) is 18.1 Å². The number of aromatic nitrogens is 3. The van der Waals surface area contributed by atoms with Crippen molar-refractivity contribution in [1.82, 2.24) is 15.2 Å². The third-order valence-electron chi connectivity index (χ3n) is 3.82. The molecule has 0 aliphatic rings. The van der Waals surface area contributed by atoms with Crippen LogP contribution in [0.2, 0.25) is 0 Å². The molecule has 1 N–H and O–H groups in total. The number of nitrogens with one attached hydrogen (secondary N) is 1. The molecule has 25 heavy (non-hydrogen) atoms. The summed E-state index contributed by atoms with van der Waals surface area (Å²) in [6.45, 7) is 4.50. The summed E-state index contributed by atoms with van der Waals surface area (Å²) < 4.78 is 6.05. The number of ether oxygens (including phenoxy) is 1. The van der Waals surface area contributed by atoms with Crippen LogP contribution in [0.25, 0.3) is 0 Å². The third kappa shape index (κ3) is 3.85. The number of hydrogen-bond acceptors (Lipinski definition) is 5. The molecule has 0 saturated heterocycles. The summed E-state index contributed by atoms with van der Waals surface area (Å²) in [7, 11) is 1.51. The van der Waals surface area contributed by atoms with Gasteiger partial charge in [-0.15, -0.1) is 0 Å². The minimum absolute atomic E-state index is 0.414. The Labute approximate surface area is 146 Å². The highest BCUT2D eigenvalue weighted by molar-refractivity contribution is 6.11. The van der Waals surface area contributed by atoms with Gasteiger partial charge in [0.15, 0.2) is 11.5 Å². The highest BCUT2D eigenvalue weighted by Gasteiger charge is 2.15. The first-order chi connectivity index (χ1) is 12.2. The molecule has 128 valence electrons. The molecule has 3 aromatic rings. The Bertz CT molecular complexity index is 873. The Balaban J connectivity index is 1.90. The maximum absolute atomic E-state index is 6.05. The van der Waals surface area contributed by atoms with Gasteiger partial charge in [-0.2, -0.15) is 5.10 Å². The lowest BCUT2D eigenvalue weighted by molar-refractivity contribution is 0.213. The van der Waals surface area contributed by atoms with Crippen LogP contribution in [0.4, 0.5) is 0 Å². The normalized spacial score (nSPS) is 11.4. The fourth-order valence-corrected chi connectivity index (χ4v) is 2.53. The molecule has 6 heteroatoms. The molecule has 1 aromatic heterocycles. The van der Waals surface area contributed by atoms with Gasteiger partial charge in [0, 0.05) is 5.56 Å². The van der Waals surface area contributed by atoms with E-state index in [2.05, 4.69) is 32.5 Å². The van der Waals surface area contributed by atoms with Crippen molar-refractivity contribution in [2.45, 2.75) is 20.5 Å². The van der Waals surface area contributed by atoms with Crippen LogP contribution in [0.3, 0.4) is 0 Å². The second kappa shape index (κ2) is 7.61. The SMILES string of the molecule is CO/N=C(/c1ncn[nH]1)c1ccccc1COc1cc(C)ccc1C. The number of hydrogen-bond donors (Lipinski definition) is 1. The minimum atomic E-state index is 0.414. The molecule has 0 spiro atoms. The van der Waals surface area contributed by atoms with Gasteiger partial charge < -0.3 is 9.57 Å². The van der Waals surface area contributed by atoms with Crippen molar-refractivity contribution in [2.75, 3.05) is 7.11 Å². The lowest BCUT2D eigenvalue weighted by atomic mass is 10.0. The zero-order valence-corrected chi connectivity index (χ0v) is 14.5. The quantitative estimate of drug-likeness (QED) is 0.553. The number of aromatic amines is 1. The summed E-state index contributed by atoms with van der Waals surface area (Å²) in [6, 6.07) is 14.0.